The van der Waals surface area contributed by atoms with Crippen molar-refractivity contribution >= 4 is 11.6 Å². The van der Waals surface area contributed by atoms with Gasteiger partial charge in [-0.3, -0.25) is 4.90 Å². The summed E-state index contributed by atoms with van der Waals surface area (Å²) >= 11 is 6.15. The average molecular weight is 309 g/mol. The Kier molecular flexibility index (Phi) is 5.70. The molecule has 2 N–H and O–H groups in total. The first-order valence-corrected chi connectivity index (χ1v) is 8.58. The second-order valence-electron chi connectivity index (χ2n) is 6.64. The summed E-state index contributed by atoms with van der Waals surface area (Å²) in [5, 5.41) is 0.810. The van der Waals surface area contributed by atoms with Crippen molar-refractivity contribution in [3.8, 4) is 0 Å². The summed E-state index contributed by atoms with van der Waals surface area (Å²) in [4.78, 5) is 2.50. The fraction of sp³-hybridized carbons (Fsp3) is 0.667. The Hall–Kier alpha value is -0.570. The average Bonchev–Trinajstić information content (AvgIpc) is 2.53. The first kappa shape index (κ1) is 16.8. The Morgan fingerprint density at radius 1 is 1.48 bits per heavy atom. The highest BCUT2D eigenvalue weighted by molar-refractivity contribution is 6.30. The standard InChI is InChI=1S/C18H29ClN2/c1-4-15-7-6-10-18(12-15,13-20)21(3)14(2)16-8-5-9-17(19)11-16/h5,8-9,11,14-15H,4,6-7,10,12-13,20H2,1-3H3. The van der Waals surface area contributed by atoms with E-state index in [4.69, 9.17) is 17.3 Å². The van der Waals surface area contributed by atoms with Crippen LogP contribution in [0, 0.1) is 5.92 Å². The lowest BCUT2D eigenvalue weighted by Gasteiger charge is -2.49. The highest BCUT2D eigenvalue weighted by Crippen LogP contribution is 2.40. The van der Waals surface area contributed by atoms with Crippen LogP contribution in [0.4, 0.5) is 0 Å². The molecular formula is C18H29ClN2. The molecule has 0 radical (unpaired) electrons. The van der Waals surface area contributed by atoms with Gasteiger partial charge in [-0.25, -0.2) is 0 Å². The molecule has 0 amide bonds. The molecular weight excluding hydrogens is 280 g/mol. The fourth-order valence-electron chi connectivity index (χ4n) is 3.86. The monoisotopic (exact) mass is 308 g/mol. The van der Waals surface area contributed by atoms with Crippen LogP contribution in [0.5, 0.6) is 0 Å². The van der Waals surface area contributed by atoms with E-state index in [-0.39, 0.29) is 5.54 Å². The highest BCUT2D eigenvalue weighted by Gasteiger charge is 2.40. The van der Waals surface area contributed by atoms with Crippen molar-refractivity contribution in [1.82, 2.24) is 4.90 Å². The lowest BCUT2D eigenvalue weighted by Crippen LogP contribution is -2.55. The number of nitrogens with zero attached hydrogens (tertiary/aromatic N) is 1. The zero-order valence-electron chi connectivity index (χ0n) is 13.6. The van der Waals surface area contributed by atoms with Crippen molar-refractivity contribution in [1.29, 1.82) is 0 Å². The predicted octanol–water partition coefficient (Wildman–Crippen LogP) is 4.63. The molecule has 3 unspecified atom stereocenters. The minimum atomic E-state index is 0.140. The van der Waals surface area contributed by atoms with Gasteiger partial charge in [0.25, 0.3) is 0 Å². The van der Waals surface area contributed by atoms with Crippen molar-refractivity contribution in [3.63, 3.8) is 0 Å². The second-order valence-corrected chi connectivity index (χ2v) is 7.08. The second kappa shape index (κ2) is 7.13. The maximum Gasteiger partial charge on any atom is 0.0409 e. The lowest BCUT2D eigenvalue weighted by atomic mass is 9.73. The summed E-state index contributed by atoms with van der Waals surface area (Å²) in [6.07, 6.45) is 6.35. The molecule has 3 heteroatoms. The molecule has 1 aromatic rings. The van der Waals surface area contributed by atoms with Gasteiger partial charge >= 0.3 is 0 Å². The Morgan fingerprint density at radius 3 is 2.86 bits per heavy atom. The van der Waals surface area contributed by atoms with Crippen molar-refractivity contribution in [3.05, 3.63) is 34.9 Å². The van der Waals surface area contributed by atoms with Crippen LogP contribution >= 0.6 is 11.6 Å². The topological polar surface area (TPSA) is 29.3 Å². The molecule has 2 nitrogen and oxygen atoms in total. The van der Waals surface area contributed by atoms with Gasteiger partial charge in [0.15, 0.2) is 0 Å². The zero-order chi connectivity index (χ0) is 15.5. The Bertz CT molecular complexity index is 462. The van der Waals surface area contributed by atoms with E-state index in [0.29, 0.717) is 6.04 Å². The van der Waals surface area contributed by atoms with E-state index in [9.17, 15) is 0 Å². The van der Waals surface area contributed by atoms with Gasteiger partial charge in [-0.15, -0.1) is 0 Å². The number of halogens is 1. The molecule has 0 saturated heterocycles. The quantitative estimate of drug-likeness (QED) is 0.859. The third-order valence-electron chi connectivity index (χ3n) is 5.54. The van der Waals surface area contributed by atoms with Crippen molar-refractivity contribution < 1.29 is 0 Å². The molecule has 0 aliphatic heterocycles. The highest BCUT2D eigenvalue weighted by atomic mass is 35.5. The first-order valence-electron chi connectivity index (χ1n) is 8.21. The molecule has 0 heterocycles. The summed E-state index contributed by atoms with van der Waals surface area (Å²) in [5.74, 6) is 0.816. The van der Waals surface area contributed by atoms with Crippen LogP contribution in [0.15, 0.2) is 24.3 Å². The van der Waals surface area contributed by atoms with Crippen molar-refractivity contribution in [2.45, 2.75) is 57.5 Å². The molecule has 0 aromatic heterocycles. The van der Waals surface area contributed by atoms with Crippen LogP contribution < -0.4 is 5.73 Å². The number of hydrogen-bond acceptors (Lipinski definition) is 2. The van der Waals surface area contributed by atoms with Gasteiger partial charge in [0.2, 0.25) is 0 Å². The van der Waals surface area contributed by atoms with E-state index in [1.165, 1.54) is 37.7 Å². The summed E-state index contributed by atoms with van der Waals surface area (Å²) in [6, 6.07) is 8.55. The van der Waals surface area contributed by atoms with Crippen LogP contribution in [-0.2, 0) is 0 Å². The Morgan fingerprint density at radius 2 is 2.24 bits per heavy atom. The van der Waals surface area contributed by atoms with Gasteiger partial charge in [0, 0.05) is 23.1 Å². The molecule has 21 heavy (non-hydrogen) atoms. The van der Waals surface area contributed by atoms with E-state index in [1.807, 2.05) is 12.1 Å². The SMILES string of the molecule is CCC1CCCC(CN)(N(C)C(C)c2cccc(Cl)c2)C1. The van der Waals surface area contributed by atoms with Gasteiger partial charge < -0.3 is 5.73 Å². The summed E-state index contributed by atoms with van der Waals surface area (Å²) in [5.41, 5.74) is 7.65. The number of likely N-dealkylation sites (N-methyl/N-ethyl adjacent to an activating group) is 1. The number of rotatable bonds is 5. The normalized spacial score (nSPS) is 27.8. The summed E-state index contributed by atoms with van der Waals surface area (Å²) in [7, 11) is 2.23. The largest absolute Gasteiger partial charge is 0.329 e. The predicted molar refractivity (Wildman–Crippen MR) is 91.7 cm³/mol. The summed E-state index contributed by atoms with van der Waals surface area (Å²) in [6.45, 7) is 5.31. The maximum atomic E-state index is 6.23. The van der Waals surface area contributed by atoms with E-state index >= 15 is 0 Å². The third kappa shape index (κ3) is 3.61. The lowest BCUT2D eigenvalue weighted by molar-refractivity contribution is 0.0278. The molecule has 1 aromatic carbocycles. The van der Waals surface area contributed by atoms with Crippen LogP contribution in [-0.4, -0.2) is 24.0 Å². The molecule has 1 saturated carbocycles. The number of hydrogen-bond donors (Lipinski definition) is 1. The first-order chi connectivity index (χ1) is 10.0. The number of nitrogens with two attached hydrogens (primary N) is 1. The van der Waals surface area contributed by atoms with Crippen molar-refractivity contribution in [2.24, 2.45) is 11.7 Å². The Labute approximate surface area is 134 Å². The molecule has 1 aliphatic rings. The van der Waals surface area contributed by atoms with Gasteiger partial charge in [-0.1, -0.05) is 49.9 Å². The van der Waals surface area contributed by atoms with Crippen LogP contribution in [0.25, 0.3) is 0 Å². The molecule has 1 fully saturated rings. The van der Waals surface area contributed by atoms with Crippen LogP contribution in [0.2, 0.25) is 5.02 Å². The van der Waals surface area contributed by atoms with E-state index in [1.54, 1.807) is 0 Å². The van der Waals surface area contributed by atoms with Crippen LogP contribution in [0.1, 0.15) is 57.6 Å². The molecule has 0 spiro atoms. The summed E-state index contributed by atoms with van der Waals surface area (Å²) < 4.78 is 0. The molecule has 118 valence electrons. The third-order valence-corrected chi connectivity index (χ3v) is 5.78. The van der Waals surface area contributed by atoms with E-state index in [2.05, 4.69) is 37.9 Å². The fourth-order valence-corrected chi connectivity index (χ4v) is 4.06. The minimum Gasteiger partial charge on any atom is -0.329 e. The van der Waals surface area contributed by atoms with Crippen LogP contribution in [0.3, 0.4) is 0 Å². The van der Waals surface area contributed by atoms with E-state index in [0.717, 1.165) is 17.5 Å². The van der Waals surface area contributed by atoms with Gasteiger partial charge in [-0.2, -0.15) is 0 Å². The van der Waals surface area contributed by atoms with Crippen molar-refractivity contribution in [2.75, 3.05) is 13.6 Å². The molecule has 3 atom stereocenters. The van der Waals surface area contributed by atoms with Gasteiger partial charge in [0.05, 0.1) is 0 Å². The molecule has 1 aliphatic carbocycles. The maximum absolute atomic E-state index is 6.23. The molecule has 2 rings (SSSR count). The number of benzene rings is 1. The smallest absolute Gasteiger partial charge is 0.0409 e. The van der Waals surface area contributed by atoms with Gasteiger partial charge in [-0.05, 0) is 50.4 Å². The van der Waals surface area contributed by atoms with E-state index < -0.39 is 0 Å². The van der Waals surface area contributed by atoms with Gasteiger partial charge in [0.1, 0.15) is 0 Å². The Balaban J connectivity index is 2.20. The minimum absolute atomic E-state index is 0.140. The molecule has 0 bridgehead atoms. The zero-order valence-corrected chi connectivity index (χ0v) is 14.4.